The molecule has 0 bridgehead atoms. The number of carbonyl (C=O) groups is 3. The standard InChI is InChI=1S/C9H18N4O4/c10-7(14)3-1-6(2-4-8(11)15)13-9(16)5-17-12/h6H,1-5,12H2,(H2,10,14)(H2,11,15)(H,13,16). The highest BCUT2D eigenvalue weighted by atomic mass is 16.6. The summed E-state index contributed by atoms with van der Waals surface area (Å²) in [5, 5.41) is 2.57. The van der Waals surface area contributed by atoms with Crippen LogP contribution in [0, 0.1) is 0 Å². The third-order valence-electron chi connectivity index (χ3n) is 2.06. The molecule has 7 N–H and O–H groups in total. The first-order chi connectivity index (χ1) is 7.95. The third-order valence-corrected chi connectivity index (χ3v) is 2.06. The Labute approximate surface area is 98.8 Å². The molecule has 0 fully saturated rings. The van der Waals surface area contributed by atoms with Gasteiger partial charge in [-0.25, -0.2) is 5.90 Å². The Hall–Kier alpha value is -1.67. The molecule has 0 aromatic heterocycles. The van der Waals surface area contributed by atoms with Gasteiger partial charge in [-0.1, -0.05) is 0 Å². The van der Waals surface area contributed by atoms with E-state index < -0.39 is 17.7 Å². The number of nitrogens with two attached hydrogens (primary N) is 3. The molecule has 0 unspecified atom stereocenters. The fraction of sp³-hybridized carbons (Fsp3) is 0.667. The highest BCUT2D eigenvalue weighted by Gasteiger charge is 2.14. The maximum absolute atomic E-state index is 11.2. The van der Waals surface area contributed by atoms with E-state index in [4.69, 9.17) is 17.4 Å². The fourth-order valence-corrected chi connectivity index (χ4v) is 1.27. The molecule has 8 nitrogen and oxygen atoms in total. The Morgan fingerprint density at radius 1 is 1.06 bits per heavy atom. The first-order valence-electron chi connectivity index (χ1n) is 5.13. The molecule has 0 rings (SSSR count). The first kappa shape index (κ1) is 15.3. The molecule has 0 aliphatic rings. The highest BCUT2D eigenvalue weighted by Crippen LogP contribution is 2.04. The van der Waals surface area contributed by atoms with Gasteiger partial charge >= 0.3 is 0 Å². The first-order valence-corrected chi connectivity index (χ1v) is 5.13. The summed E-state index contributed by atoms with van der Waals surface area (Å²) < 4.78 is 0. The summed E-state index contributed by atoms with van der Waals surface area (Å²) in [5.74, 6) is 3.37. The van der Waals surface area contributed by atoms with Gasteiger partial charge in [-0.05, 0) is 12.8 Å². The van der Waals surface area contributed by atoms with Crippen molar-refractivity contribution in [2.45, 2.75) is 31.7 Å². The summed E-state index contributed by atoms with van der Waals surface area (Å²) in [6.45, 7) is -0.288. The van der Waals surface area contributed by atoms with Gasteiger partial charge in [-0.2, -0.15) is 0 Å². The number of primary amides is 2. The second-order valence-electron chi connectivity index (χ2n) is 3.59. The minimum atomic E-state index is -0.474. The van der Waals surface area contributed by atoms with Crippen LogP contribution in [-0.4, -0.2) is 30.4 Å². The number of hydrogen-bond acceptors (Lipinski definition) is 5. The van der Waals surface area contributed by atoms with Crippen LogP contribution < -0.4 is 22.7 Å². The molecule has 8 heteroatoms. The van der Waals surface area contributed by atoms with Crippen molar-refractivity contribution in [3.63, 3.8) is 0 Å². The molecule has 0 spiro atoms. The molecule has 98 valence electrons. The average molecular weight is 246 g/mol. The van der Waals surface area contributed by atoms with E-state index in [1.807, 2.05) is 0 Å². The van der Waals surface area contributed by atoms with E-state index in [-0.39, 0.29) is 25.5 Å². The lowest BCUT2D eigenvalue weighted by molar-refractivity contribution is -0.127. The minimum absolute atomic E-state index is 0.118. The zero-order valence-corrected chi connectivity index (χ0v) is 9.48. The molecule has 0 atom stereocenters. The van der Waals surface area contributed by atoms with Crippen LogP contribution >= 0.6 is 0 Å². The predicted octanol–water partition coefficient (Wildman–Crippen LogP) is -2.11. The summed E-state index contributed by atoms with van der Waals surface area (Å²) in [4.78, 5) is 36.6. The normalized spacial score (nSPS) is 10.2. The molecular weight excluding hydrogens is 228 g/mol. The molecule has 0 radical (unpaired) electrons. The van der Waals surface area contributed by atoms with Crippen molar-refractivity contribution in [3.05, 3.63) is 0 Å². The molecule has 0 saturated heterocycles. The van der Waals surface area contributed by atoms with Crippen LogP contribution in [0.5, 0.6) is 0 Å². The van der Waals surface area contributed by atoms with Gasteiger partial charge in [0, 0.05) is 18.9 Å². The SMILES string of the molecule is NOCC(=O)NC(CCC(N)=O)CCC(N)=O. The van der Waals surface area contributed by atoms with E-state index in [9.17, 15) is 14.4 Å². The minimum Gasteiger partial charge on any atom is -0.370 e. The number of hydrogen-bond donors (Lipinski definition) is 4. The average Bonchev–Trinajstić information content (AvgIpc) is 2.22. The van der Waals surface area contributed by atoms with Crippen molar-refractivity contribution >= 4 is 17.7 Å². The molecule has 0 aromatic carbocycles. The molecule has 0 aliphatic carbocycles. The van der Waals surface area contributed by atoms with E-state index in [0.29, 0.717) is 12.8 Å². The van der Waals surface area contributed by atoms with E-state index in [1.54, 1.807) is 0 Å². The largest absolute Gasteiger partial charge is 0.370 e. The molecule has 17 heavy (non-hydrogen) atoms. The van der Waals surface area contributed by atoms with Crippen LogP contribution in [0.25, 0.3) is 0 Å². The second kappa shape index (κ2) is 8.48. The maximum atomic E-state index is 11.2. The quantitative estimate of drug-likeness (QED) is 0.343. The smallest absolute Gasteiger partial charge is 0.248 e. The topological polar surface area (TPSA) is 151 Å². The predicted molar refractivity (Wildman–Crippen MR) is 58.9 cm³/mol. The zero-order chi connectivity index (χ0) is 13.3. The van der Waals surface area contributed by atoms with Crippen LogP contribution in [-0.2, 0) is 19.2 Å². The van der Waals surface area contributed by atoms with Gasteiger partial charge in [0.05, 0.1) is 0 Å². The zero-order valence-electron chi connectivity index (χ0n) is 9.48. The Morgan fingerprint density at radius 2 is 1.53 bits per heavy atom. The molecular formula is C9H18N4O4. The molecule has 0 aliphatic heterocycles. The molecule has 0 aromatic rings. The third kappa shape index (κ3) is 9.27. The number of rotatable bonds is 9. The van der Waals surface area contributed by atoms with Gasteiger partial charge in [0.15, 0.2) is 0 Å². The maximum Gasteiger partial charge on any atom is 0.248 e. The van der Waals surface area contributed by atoms with E-state index in [1.165, 1.54) is 0 Å². The van der Waals surface area contributed by atoms with Crippen LogP contribution in [0.3, 0.4) is 0 Å². The second-order valence-corrected chi connectivity index (χ2v) is 3.59. The Bertz CT molecular complexity index is 264. The van der Waals surface area contributed by atoms with Gasteiger partial charge in [-0.15, -0.1) is 0 Å². The van der Waals surface area contributed by atoms with Crippen LogP contribution in [0.1, 0.15) is 25.7 Å². The van der Waals surface area contributed by atoms with Crippen molar-refractivity contribution in [2.75, 3.05) is 6.61 Å². The summed E-state index contributed by atoms with van der Waals surface area (Å²) in [7, 11) is 0. The summed E-state index contributed by atoms with van der Waals surface area (Å²) in [5.41, 5.74) is 10.00. The summed E-state index contributed by atoms with van der Waals surface area (Å²) >= 11 is 0. The van der Waals surface area contributed by atoms with Gasteiger partial charge in [0.1, 0.15) is 6.61 Å². The van der Waals surface area contributed by atoms with Crippen LogP contribution in [0.15, 0.2) is 0 Å². The van der Waals surface area contributed by atoms with Gasteiger partial charge in [0.2, 0.25) is 17.7 Å². The van der Waals surface area contributed by atoms with Gasteiger partial charge < -0.3 is 16.8 Å². The van der Waals surface area contributed by atoms with E-state index >= 15 is 0 Å². The lowest BCUT2D eigenvalue weighted by atomic mass is 10.1. The molecule has 0 saturated carbocycles. The van der Waals surface area contributed by atoms with Crippen molar-refractivity contribution in [3.8, 4) is 0 Å². The van der Waals surface area contributed by atoms with Gasteiger partial charge in [0.25, 0.3) is 0 Å². The monoisotopic (exact) mass is 246 g/mol. The fourth-order valence-electron chi connectivity index (χ4n) is 1.27. The van der Waals surface area contributed by atoms with Crippen molar-refractivity contribution in [2.24, 2.45) is 17.4 Å². The van der Waals surface area contributed by atoms with Crippen LogP contribution in [0.4, 0.5) is 0 Å². The summed E-state index contributed by atoms with van der Waals surface area (Å²) in [6, 6.07) is -0.349. The van der Waals surface area contributed by atoms with E-state index in [2.05, 4.69) is 10.2 Å². The number of amides is 3. The lowest BCUT2D eigenvalue weighted by Gasteiger charge is -2.17. The lowest BCUT2D eigenvalue weighted by Crippen LogP contribution is -2.39. The highest BCUT2D eigenvalue weighted by molar-refractivity contribution is 5.78. The van der Waals surface area contributed by atoms with Crippen LogP contribution in [0.2, 0.25) is 0 Å². The number of carbonyl (C=O) groups excluding carboxylic acids is 3. The Balaban J connectivity index is 4.13. The van der Waals surface area contributed by atoms with E-state index in [0.717, 1.165) is 0 Å². The van der Waals surface area contributed by atoms with Crippen molar-refractivity contribution in [1.82, 2.24) is 5.32 Å². The Kier molecular flexibility index (Phi) is 7.65. The van der Waals surface area contributed by atoms with Gasteiger partial charge in [-0.3, -0.25) is 19.2 Å². The van der Waals surface area contributed by atoms with Crippen molar-refractivity contribution in [1.29, 1.82) is 0 Å². The molecule has 3 amide bonds. The van der Waals surface area contributed by atoms with Crippen molar-refractivity contribution < 1.29 is 19.2 Å². The Morgan fingerprint density at radius 3 is 1.88 bits per heavy atom. The molecule has 0 heterocycles. The summed E-state index contributed by atoms with van der Waals surface area (Å²) in [6.07, 6.45) is 0.929. The number of nitrogens with one attached hydrogen (secondary N) is 1.